The van der Waals surface area contributed by atoms with Crippen molar-refractivity contribution in [2.75, 3.05) is 36.4 Å². The molecule has 2 aromatic rings. The number of primary amides is 1. The van der Waals surface area contributed by atoms with Crippen molar-refractivity contribution in [1.82, 2.24) is 4.90 Å². The number of unbranched alkanes of at least 4 members (excludes halogenated alkanes) is 1. The van der Waals surface area contributed by atoms with Crippen LogP contribution in [0.25, 0.3) is 0 Å². The van der Waals surface area contributed by atoms with Crippen molar-refractivity contribution < 1.29 is 9.59 Å². The van der Waals surface area contributed by atoms with Crippen LogP contribution < -0.4 is 16.0 Å². The van der Waals surface area contributed by atoms with Crippen LogP contribution in [-0.2, 0) is 16.0 Å². The van der Waals surface area contributed by atoms with Crippen molar-refractivity contribution in [3.8, 4) is 0 Å². The average molecular weight is 463 g/mol. The minimum Gasteiger partial charge on any atom is -0.371 e. The van der Waals surface area contributed by atoms with Gasteiger partial charge in [-0.25, -0.2) is 0 Å². The van der Waals surface area contributed by atoms with E-state index in [0.717, 1.165) is 76.8 Å². The second-order valence-electron chi connectivity index (χ2n) is 9.74. The van der Waals surface area contributed by atoms with E-state index in [0.29, 0.717) is 12.5 Å². The lowest BCUT2D eigenvalue weighted by Crippen LogP contribution is -2.50. The molecule has 0 spiro atoms. The van der Waals surface area contributed by atoms with Crippen LogP contribution in [0.2, 0.25) is 0 Å². The first-order valence-corrected chi connectivity index (χ1v) is 12.8. The Hall–Kier alpha value is -2.86. The summed E-state index contributed by atoms with van der Waals surface area (Å²) in [6, 6.07) is 19.2. The van der Waals surface area contributed by atoms with Gasteiger partial charge in [-0.05, 0) is 81.3 Å². The fraction of sp³-hybridized carbons (Fsp3) is 0.500. The van der Waals surface area contributed by atoms with E-state index in [1.807, 2.05) is 18.2 Å². The molecule has 0 radical (unpaired) electrons. The van der Waals surface area contributed by atoms with Crippen LogP contribution in [0.15, 0.2) is 54.6 Å². The minimum atomic E-state index is -0.151. The van der Waals surface area contributed by atoms with Crippen molar-refractivity contribution in [3.63, 3.8) is 0 Å². The van der Waals surface area contributed by atoms with Crippen molar-refractivity contribution in [1.29, 1.82) is 0 Å². The zero-order valence-electron chi connectivity index (χ0n) is 20.1. The lowest BCUT2D eigenvalue weighted by atomic mass is 9.93. The van der Waals surface area contributed by atoms with Gasteiger partial charge >= 0.3 is 0 Å². The Morgan fingerprint density at radius 1 is 0.912 bits per heavy atom. The Morgan fingerprint density at radius 3 is 2.35 bits per heavy atom. The highest BCUT2D eigenvalue weighted by Gasteiger charge is 2.30. The van der Waals surface area contributed by atoms with Crippen molar-refractivity contribution in [2.45, 2.75) is 57.4 Å². The summed E-state index contributed by atoms with van der Waals surface area (Å²) in [5, 5.41) is 3.03. The molecule has 0 saturated carbocycles. The van der Waals surface area contributed by atoms with E-state index in [1.54, 1.807) is 0 Å². The van der Waals surface area contributed by atoms with Gasteiger partial charge in [-0.2, -0.15) is 0 Å². The molecule has 6 nitrogen and oxygen atoms in total. The predicted octanol–water partition coefficient (Wildman–Crippen LogP) is 4.20. The number of carbonyl (C=O) groups is 2. The Bertz CT molecular complexity index is 923. The molecule has 2 aliphatic rings. The van der Waals surface area contributed by atoms with E-state index >= 15 is 0 Å². The number of anilines is 2. The Balaban J connectivity index is 1.17. The van der Waals surface area contributed by atoms with Gasteiger partial charge in [0, 0.05) is 43.5 Å². The number of nitrogens with one attached hydrogen (secondary N) is 1. The number of likely N-dealkylation sites (tertiary alicyclic amines) is 1. The second-order valence-corrected chi connectivity index (χ2v) is 9.74. The van der Waals surface area contributed by atoms with Gasteiger partial charge in [0.1, 0.15) is 0 Å². The molecule has 2 aliphatic heterocycles. The van der Waals surface area contributed by atoms with Crippen LogP contribution in [0.3, 0.4) is 0 Å². The molecule has 34 heavy (non-hydrogen) atoms. The molecule has 2 fully saturated rings. The van der Waals surface area contributed by atoms with E-state index in [-0.39, 0.29) is 17.7 Å². The molecule has 0 aromatic heterocycles. The van der Waals surface area contributed by atoms with Gasteiger partial charge in [0.2, 0.25) is 11.8 Å². The normalized spacial score (nSPS) is 19.6. The third kappa shape index (κ3) is 6.83. The maximum absolute atomic E-state index is 12.3. The van der Waals surface area contributed by atoms with E-state index in [1.165, 1.54) is 11.3 Å². The van der Waals surface area contributed by atoms with E-state index in [2.05, 4.69) is 51.5 Å². The highest BCUT2D eigenvalue weighted by Crippen LogP contribution is 2.27. The smallest absolute Gasteiger partial charge is 0.224 e. The molecule has 182 valence electrons. The number of carbonyl (C=O) groups excluding carboxylic acids is 2. The van der Waals surface area contributed by atoms with Gasteiger partial charge in [0.15, 0.2) is 0 Å². The van der Waals surface area contributed by atoms with Gasteiger partial charge in [0.05, 0.1) is 5.92 Å². The zero-order chi connectivity index (χ0) is 23.8. The fourth-order valence-corrected chi connectivity index (χ4v) is 5.30. The molecule has 2 aromatic carbocycles. The maximum Gasteiger partial charge on any atom is 0.224 e. The first-order chi connectivity index (χ1) is 16.6. The molecule has 2 amide bonds. The Kier molecular flexibility index (Phi) is 8.58. The number of hydrogen-bond acceptors (Lipinski definition) is 4. The number of rotatable bonds is 9. The summed E-state index contributed by atoms with van der Waals surface area (Å²) >= 11 is 0. The van der Waals surface area contributed by atoms with E-state index in [9.17, 15) is 9.59 Å². The van der Waals surface area contributed by atoms with Crippen LogP contribution in [0.4, 0.5) is 11.4 Å². The van der Waals surface area contributed by atoms with Crippen molar-refractivity contribution >= 4 is 23.2 Å². The topological polar surface area (TPSA) is 78.7 Å². The molecule has 2 heterocycles. The van der Waals surface area contributed by atoms with Crippen LogP contribution >= 0.6 is 0 Å². The first-order valence-electron chi connectivity index (χ1n) is 12.8. The monoisotopic (exact) mass is 462 g/mol. The lowest BCUT2D eigenvalue weighted by Gasteiger charge is -2.42. The minimum absolute atomic E-state index is 0.0124. The summed E-state index contributed by atoms with van der Waals surface area (Å²) in [7, 11) is 0. The number of nitrogens with two attached hydrogens (primary N) is 1. The molecular formula is C28H38N4O2. The zero-order valence-corrected chi connectivity index (χ0v) is 20.1. The van der Waals surface area contributed by atoms with Gasteiger partial charge < -0.3 is 16.0 Å². The van der Waals surface area contributed by atoms with Crippen LogP contribution in [0.5, 0.6) is 0 Å². The summed E-state index contributed by atoms with van der Waals surface area (Å²) in [5.41, 5.74) is 8.94. The first kappa shape index (κ1) is 24.3. The van der Waals surface area contributed by atoms with Crippen LogP contribution in [0.1, 0.15) is 50.5 Å². The number of amides is 2. The summed E-state index contributed by atoms with van der Waals surface area (Å²) in [4.78, 5) is 28.8. The molecule has 3 N–H and O–H groups in total. The van der Waals surface area contributed by atoms with Crippen LogP contribution in [0, 0.1) is 5.92 Å². The third-order valence-electron chi connectivity index (χ3n) is 7.31. The number of nitrogens with zero attached hydrogens (tertiary/aromatic N) is 2. The van der Waals surface area contributed by atoms with Crippen molar-refractivity contribution in [2.24, 2.45) is 11.7 Å². The standard InChI is InChI=1S/C28H38N4O2/c29-28(34)23-10-6-18-32(21-23)26-16-19-31(20-17-26)25-14-12-24(13-15-25)30-27(33)11-5-4-9-22-7-2-1-3-8-22/h1-3,7-8,12-15,23,26H,4-6,9-11,16-21H2,(H2,29,34)(H,30,33). The maximum atomic E-state index is 12.3. The quantitative estimate of drug-likeness (QED) is 0.548. The number of benzene rings is 2. The third-order valence-corrected chi connectivity index (χ3v) is 7.31. The molecule has 2 saturated heterocycles. The Labute approximate surface area is 203 Å². The van der Waals surface area contributed by atoms with Gasteiger partial charge in [-0.3, -0.25) is 14.5 Å². The molecule has 0 aliphatic carbocycles. The van der Waals surface area contributed by atoms with Crippen LogP contribution in [-0.4, -0.2) is 48.9 Å². The van der Waals surface area contributed by atoms with E-state index < -0.39 is 0 Å². The summed E-state index contributed by atoms with van der Waals surface area (Å²) in [5.74, 6) is -0.0580. The highest BCUT2D eigenvalue weighted by molar-refractivity contribution is 5.90. The molecule has 1 unspecified atom stereocenters. The van der Waals surface area contributed by atoms with Gasteiger partial charge in [0.25, 0.3) is 0 Å². The van der Waals surface area contributed by atoms with Gasteiger partial charge in [-0.1, -0.05) is 30.3 Å². The molecule has 6 heteroatoms. The van der Waals surface area contributed by atoms with E-state index in [4.69, 9.17) is 5.73 Å². The SMILES string of the molecule is NC(=O)C1CCCN(C2CCN(c3ccc(NC(=O)CCCCc4ccccc4)cc3)CC2)C1. The fourth-order valence-electron chi connectivity index (χ4n) is 5.30. The van der Waals surface area contributed by atoms with Crippen molar-refractivity contribution in [3.05, 3.63) is 60.2 Å². The predicted molar refractivity (Wildman–Crippen MR) is 138 cm³/mol. The molecule has 1 atom stereocenters. The summed E-state index contributed by atoms with van der Waals surface area (Å²) in [6.45, 7) is 3.92. The summed E-state index contributed by atoms with van der Waals surface area (Å²) in [6.07, 6.45) is 7.69. The summed E-state index contributed by atoms with van der Waals surface area (Å²) < 4.78 is 0. The Morgan fingerprint density at radius 2 is 1.65 bits per heavy atom. The molecule has 0 bridgehead atoms. The largest absolute Gasteiger partial charge is 0.371 e. The second kappa shape index (κ2) is 12.0. The average Bonchev–Trinajstić information content (AvgIpc) is 2.88. The molecule has 4 rings (SSSR count). The lowest BCUT2D eigenvalue weighted by molar-refractivity contribution is -0.123. The van der Waals surface area contributed by atoms with Gasteiger partial charge in [-0.15, -0.1) is 0 Å². The number of hydrogen-bond donors (Lipinski definition) is 2. The molecular weight excluding hydrogens is 424 g/mol. The highest BCUT2D eigenvalue weighted by atomic mass is 16.2. The number of piperidine rings is 2. The number of aryl methyl sites for hydroxylation is 1.